The lowest BCUT2D eigenvalue weighted by molar-refractivity contribution is -0.112. The molecule has 3 aromatic rings. The molecule has 0 saturated carbocycles. The lowest BCUT2D eigenvalue weighted by Crippen LogP contribution is -2.30. The number of ether oxygens (including phenoxy) is 4. The van der Waals surface area contributed by atoms with Crippen molar-refractivity contribution in [2.24, 2.45) is 5.16 Å². The summed E-state index contributed by atoms with van der Waals surface area (Å²) in [6, 6.07) is 13.6. The molecule has 0 saturated heterocycles. The quantitative estimate of drug-likeness (QED) is 0.452. The lowest BCUT2D eigenvalue weighted by atomic mass is 10.0. The standard InChI is InChI=1S/C25H21FN2O6/c1-31-21-6-4-15(10-22(21)32-2)14-3-5-19-20(9-14)28(25(29)23(19)27-30)11-16-7-18(26)8-17-12-33-13-34-24(16)17/h3-10,30H,11-13H2,1-2H3/b27-23-. The summed E-state index contributed by atoms with van der Waals surface area (Å²) in [5.41, 5.74) is 3.65. The number of hydrogen-bond donors (Lipinski definition) is 1. The molecule has 0 aliphatic carbocycles. The predicted molar refractivity (Wildman–Crippen MR) is 121 cm³/mol. The maximum Gasteiger partial charge on any atom is 0.281 e. The zero-order valence-electron chi connectivity index (χ0n) is 18.5. The first kappa shape index (κ1) is 21.7. The van der Waals surface area contributed by atoms with Crippen LogP contribution in [0.15, 0.2) is 53.7 Å². The molecule has 8 nitrogen and oxygen atoms in total. The first-order chi connectivity index (χ1) is 16.5. The highest BCUT2D eigenvalue weighted by Crippen LogP contribution is 2.39. The molecule has 1 N–H and O–H groups in total. The minimum Gasteiger partial charge on any atom is -0.493 e. The molecule has 2 heterocycles. The zero-order valence-corrected chi connectivity index (χ0v) is 18.5. The van der Waals surface area contributed by atoms with Gasteiger partial charge in [-0.05, 0) is 47.5 Å². The van der Waals surface area contributed by atoms with Crippen molar-refractivity contribution in [1.29, 1.82) is 0 Å². The number of halogens is 1. The van der Waals surface area contributed by atoms with Crippen molar-refractivity contribution in [2.75, 3.05) is 25.9 Å². The first-order valence-corrected chi connectivity index (χ1v) is 10.5. The summed E-state index contributed by atoms with van der Waals surface area (Å²) in [4.78, 5) is 14.6. The Kier molecular flexibility index (Phi) is 5.54. The van der Waals surface area contributed by atoms with Crippen LogP contribution in [0.25, 0.3) is 11.1 Å². The summed E-state index contributed by atoms with van der Waals surface area (Å²) in [5.74, 6) is 0.708. The third-order valence-electron chi connectivity index (χ3n) is 5.89. The minimum atomic E-state index is -0.493. The number of fused-ring (bicyclic) bond motifs is 2. The average molecular weight is 464 g/mol. The molecule has 2 aliphatic rings. The van der Waals surface area contributed by atoms with Crippen molar-refractivity contribution in [1.82, 2.24) is 0 Å². The van der Waals surface area contributed by atoms with Crippen LogP contribution in [0, 0.1) is 5.82 Å². The van der Waals surface area contributed by atoms with E-state index in [0.29, 0.717) is 39.6 Å². The fourth-order valence-electron chi connectivity index (χ4n) is 4.30. The summed E-state index contributed by atoms with van der Waals surface area (Å²) in [7, 11) is 3.12. The van der Waals surface area contributed by atoms with Gasteiger partial charge in [-0.1, -0.05) is 17.3 Å². The van der Waals surface area contributed by atoms with E-state index in [-0.39, 0.29) is 25.7 Å². The summed E-state index contributed by atoms with van der Waals surface area (Å²) in [6.45, 7) is 0.292. The van der Waals surface area contributed by atoms with Gasteiger partial charge in [-0.3, -0.25) is 4.79 Å². The van der Waals surface area contributed by atoms with Crippen molar-refractivity contribution in [2.45, 2.75) is 13.2 Å². The maximum absolute atomic E-state index is 14.3. The zero-order chi connectivity index (χ0) is 23.8. The van der Waals surface area contributed by atoms with Crippen LogP contribution in [0.4, 0.5) is 10.1 Å². The van der Waals surface area contributed by atoms with E-state index in [1.165, 1.54) is 17.0 Å². The van der Waals surface area contributed by atoms with Crippen molar-refractivity contribution in [3.8, 4) is 28.4 Å². The highest BCUT2D eigenvalue weighted by molar-refractivity contribution is 6.54. The number of oxime groups is 1. The number of anilines is 1. The third kappa shape index (κ3) is 3.60. The highest BCUT2D eigenvalue weighted by atomic mass is 19.1. The number of carbonyl (C=O) groups is 1. The highest BCUT2D eigenvalue weighted by Gasteiger charge is 2.36. The fourth-order valence-corrected chi connectivity index (χ4v) is 4.30. The topological polar surface area (TPSA) is 89.8 Å². The summed E-state index contributed by atoms with van der Waals surface area (Å²) in [5, 5.41) is 12.7. The van der Waals surface area contributed by atoms with Crippen LogP contribution in [0.1, 0.15) is 16.7 Å². The summed E-state index contributed by atoms with van der Waals surface area (Å²) < 4.78 is 35.8. The summed E-state index contributed by atoms with van der Waals surface area (Å²) >= 11 is 0. The van der Waals surface area contributed by atoms with Crippen LogP contribution in [-0.4, -0.2) is 37.8 Å². The Morgan fingerprint density at radius 1 is 1.06 bits per heavy atom. The van der Waals surface area contributed by atoms with Gasteiger partial charge in [0.2, 0.25) is 0 Å². The second-order valence-electron chi connectivity index (χ2n) is 7.81. The van der Waals surface area contributed by atoms with Gasteiger partial charge in [-0.15, -0.1) is 0 Å². The van der Waals surface area contributed by atoms with Crippen LogP contribution in [0.3, 0.4) is 0 Å². The van der Waals surface area contributed by atoms with E-state index < -0.39 is 11.7 Å². The van der Waals surface area contributed by atoms with Gasteiger partial charge in [-0.25, -0.2) is 4.39 Å². The molecule has 5 rings (SSSR count). The number of methoxy groups -OCH3 is 2. The van der Waals surface area contributed by atoms with Crippen LogP contribution < -0.4 is 19.1 Å². The number of benzene rings is 3. The van der Waals surface area contributed by atoms with E-state index in [1.54, 1.807) is 26.4 Å². The number of amides is 1. The second kappa shape index (κ2) is 8.68. The van der Waals surface area contributed by atoms with E-state index in [4.69, 9.17) is 18.9 Å². The van der Waals surface area contributed by atoms with Crippen LogP contribution in [-0.2, 0) is 22.7 Å². The number of carbonyl (C=O) groups excluding carboxylic acids is 1. The SMILES string of the molecule is COc1ccc(-c2ccc3c(c2)N(Cc2cc(F)cc4c2OCOC4)C(=O)/C3=N\O)cc1OC. The molecule has 0 bridgehead atoms. The molecule has 2 aliphatic heterocycles. The Balaban J connectivity index is 1.58. The Labute approximate surface area is 194 Å². The molecule has 174 valence electrons. The largest absolute Gasteiger partial charge is 0.493 e. The van der Waals surface area contributed by atoms with Gasteiger partial charge in [0.15, 0.2) is 24.0 Å². The molecule has 0 atom stereocenters. The molecule has 9 heteroatoms. The first-order valence-electron chi connectivity index (χ1n) is 10.5. The minimum absolute atomic E-state index is 0.0281. The van der Waals surface area contributed by atoms with Gasteiger partial charge in [0.25, 0.3) is 5.91 Å². The van der Waals surface area contributed by atoms with Crippen molar-refractivity contribution in [3.05, 3.63) is 71.0 Å². The van der Waals surface area contributed by atoms with Gasteiger partial charge in [0.1, 0.15) is 11.6 Å². The van der Waals surface area contributed by atoms with E-state index in [9.17, 15) is 14.4 Å². The maximum atomic E-state index is 14.3. The molecule has 0 fully saturated rings. The van der Waals surface area contributed by atoms with Gasteiger partial charge < -0.3 is 29.1 Å². The molecular weight excluding hydrogens is 443 g/mol. The van der Waals surface area contributed by atoms with Crippen molar-refractivity contribution >= 4 is 17.3 Å². The van der Waals surface area contributed by atoms with Gasteiger partial charge >= 0.3 is 0 Å². The molecule has 0 unspecified atom stereocenters. The molecule has 0 aromatic heterocycles. The molecule has 1 amide bonds. The third-order valence-corrected chi connectivity index (χ3v) is 5.89. The summed E-state index contributed by atoms with van der Waals surface area (Å²) in [6.07, 6.45) is 0. The number of nitrogens with zero attached hydrogens (tertiary/aromatic N) is 2. The normalized spacial score (nSPS) is 15.7. The van der Waals surface area contributed by atoms with E-state index in [1.807, 2.05) is 24.3 Å². The van der Waals surface area contributed by atoms with Crippen LogP contribution in [0.5, 0.6) is 17.2 Å². The molecule has 3 aromatic carbocycles. The Morgan fingerprint density at radius 3 is 2.59 bits per heavy atom. The van der Waals surface area contributed by atoms with E-state index in [0.717, 1.165) is 11.1 Å². The van der Waals surface area contributed by atoms with Crippen molar-refractivity contribution < 1.29 is 33.3 Å². The molecule has 0 spiro atoms. The molecule has 0 radical (unpaired) electrons. The lowest BCUT2D eigenvalue weighted by Gasteiger charge is -2.24. The van der Waals surface area contributed by atoms with Gasteiger partial charge in [0, 0.05) is 16.7 Å². The second-order valence-corrected chi connectivity index (χ2v) is 7.81. The number of hydrogen-bond acceptors (Lipinski definition) is 7. The van der Waals surface area contributed by atoms with E-state index >= 15 is 0 Å². The number of rotatable bonds is 5. The average Bonchev–Trinajstić information content (AvgIpc) is 3.13. The van der Waals surface area contributed by atoms with Crippen LogP contribution in [0.2, 0.25) is 0 Å². The van der Waals surface area contributed by atoms with Gasteiger partial charge in [-0.2, -0.15) is 0 Å². The molecular formula is C25H21FN2O6. The van der Waals surface area contributed by atoms with Crippen LogP contribution >= 0.6 is 0 Å². The fraction of sp³-hybridized carbons (Fsp3) is 0.200. The predicted octanol–water partition coefficient (Wildman–Crippen LogP) is 4.10. The molecule has 34 heavy (non-hydrogen) atoms. The van der Waals surface area contributed by atoms with E-state index in [2.05, 4.69) is 5.16 Å². The Bertz CT molecular complexity index is 1320. The monoisotopic (exact) mass is 464 g/mol. The van der Waals surface area contributed by atoms with Crippen molar-refractivity contribution in [3.63, 3.8) is 0 Å². The Hall–Kier alpha value is -4.11. The smallest absolute Gasteiger partial charge is 0.281 e. The van der Waals surface area contributed by atoms with Gasteiger partial charge in [0.05, 0.1) is 33.1 Å². The Morgan fingerprint density at radius 2 is 1.82 bits per heavy atom.